The summed E-state index contributed by atoms with van der Waals surface area (Å²) in [4.78, 5) is 27.2. The van der Waals surface area contributed by atoms with E-state index in [1.54, 1.807) is 0 Å². The van der Waals surface area contributed by atoms with E-state index in [1.807, 2.05) is 42.6 Å². The van der Waals surface area contributed by atoms with Gasteiger partial charge in [0, 0.05) is 43.2 Å². The quantitative estimate of drug-likeness (QED) is 0.586. The highest BCUT2D eigenvalue weighted by Crippen LogP contribution is 2.31. The van der Waals surface area contributed by atoms with Crippen LogP contribution in [0.2, 0.25) is 0 Å². The number of aromatic nitrogens is 2. The topological polar surface area (TPSA) is 49.3 Å². The Morgan fingerprint density at radius 2 is 1.34 bits per heavy atom. The smallest absolute Gasteiger partial charge is 0.225 e. The number of carbonyl (C=O) groups is 1. The van der Waals surface area contributed by atoms with Crippen LogP contribution < -0.4 is 4.90 Å². The summed E-state index contributed by atoms with van der Waals surface area (Å²) >= 11 is 0. The molecule has 1 amide bonds. The van der Waals surface area contributed by atoms with Crippen LogP contribution in [-0.2, 0) is 4.79 Å². The van der Waals surface area contributed by atoms with Crippen LogP contribution >= 0.6 is 0 Å². The van der Waals surface area contributed by atoms with E-state index in [1.165, 1.54) is 19.3 Å². The fraction of sp³-hybridized carbons (Fsp3) is 0.370. The van der Waals surface area contributed by atoms with Crippen molar-refractivity contribution in [2.75, 3.05) is 31.1 Å². The van der Waals surface area contributed by atoms with Crippen LogP contribution in [0.15, 0.2) is 66.9 Å². The monoisotopic (exact) mass is 426 g/mol. The van der Waals surface area contributed by atoms with Crippen LogP contribution in [0, 0.1) is 5.92 Å². The third kappa shape index (κ3) is 4.38. The van der Waals surface area contributed by atoms with Gasteiger partial charge >= 0.3 is 0 Å². The molecule has 0 atom stereocenters. The number of piperazine rings is 1. The van der Waals surface area contributed by atoms with Crippen LogP contribution in [0.1, 0.15) is 32.1 Å². The summed E-state index contributed by atoms with van der Waals surface area (Å²) < 4.78 is 0. The molecule has 1 aliphatic carbocycles. The second-order valence-electron chi connectivity index (χ2n) is 8.80. The van der Waals surface area contributed by atoms with E-state index in [2.05, 4.69) is 34.1 Å². The first-order chi connectivity index (χ1) is 15.8. The van der Waals surface area contributed by atoms with Gasteiger partial charge in [-0.25, -0.2) is 4.98 Å². The van der Waals surface area contributed by atoms with Crippen molar-refractivity contribution in [2.45, 2.75) is 32.1 Å². The number of carbonyl (C=O) groups excluding carboxylic acids is 1. The molecule has 2 aliphatic rings. The van der Waals surface area contributed by atoms with Gasteiger partial charge in [0.25, 0.3) is 0 Å². The molecule has 0 radical (unpaired) electrons. The Morgan fingerprint density at radius 3 is 1.97 bits per heavy atom. The number of hydrogen-bond acceptors (Lipinski definition) is 4. The molecule has 5 rings (SSSR count). The van der Waals surface area contributed by atoms with Crippen molar-refractivity contribution in [3.63, 3.8) is 0 Å². The summed E-state index contributed by atoms with van der Waals surface area (Å²) in [6.45, 7) is 3.12. The molecule has 2 heterocycles. The first kappa shape index (κ1) is 20.7. The Kier molecular flexibility index (Phi) is 6.15. The van der Waals surface area contributed by atoms with Crippen LogP contribution in [0.5, 0.6) is 0 Å². The van der Waals surface area contributed by atoms with Crippen LogP contribution in [0.25, 0.3) is 22.5 Å². The molecule has 1 saturated carbocycles. The summed E-state index contributed by atoms with van der Waals surface area (Å²) in [6.07, 6.45) is 7.67. The number of hydrogen-bond donors (Lipinski definition) is 0. The normalized spacial score (nSPS) is 17.4. The highest BCUT2D eigenvalue weighted by Gasteiger charge is 2.29. The maximum atomic E-state index is 12.9. The molecule has 0 bridgehead atoms. The van der Waals surface area contributed by atoms with Gasteiger partial charge in [-0.15, -0.1) is 0 Å². The second-order valence-corrected chi connectivity index (χ2v) is 8.80. The Labute approximate surface area is 190 Å². The van der Waals surface area contributed by atoms with Gasteiger partial charge in [0.05, 0.1) is 17.6 Å². The fourth-order valence-corrected chi connectivity index (χ4v) is 4.90. The van der Waals surface area contributed by atoms with Crippen LogP contribution in [0.4, 0.5) is 5.82 Å². The largest absolute Gasteiger partial charge is 0.352 e. The molecule has 5 heteroatoms. The number of benzene rings is 2. The maximum Gasteiger partial charge on any atom is 0.225 e. The first-order valence-electron chi connectivity index (χ1n) is 11.8. The molecule has 3 aromatic rings. The minimum atomic E-state index is 0.241. The lowest BCUT2D eigenvalue weighted by Crippen LogP contribution is -2.50. The zero-order valence-corrected chi connectivity index (χ0v) is 18.5. The molecule has 1 aliphatic heterocycles. The lowest BCUT2D eigenvalue weighted by molar-refractivity contribution is -0.136. The molecule has 32 heavy (non-hydrogen) atoms. The highest BCUT2D eigenvalue weighted by atomic mass is 16.2. The van der Waals surface area contributed by atoms with E-state index >= 15 is 0 Å². The van der Waals surface area contributed by atoms with Gasteiger partial charge < -0.3 is 9.80 Å². The second kappa shape index (κ2) is 9.51. The summed E-state index contributed by atoms with van der Waals surface area (Å²) in [6, 6.07) is 20.5. The molecule has 2 fully saturated rings. The van der Waals surface area contributed by atoms with Gasteiger partial charge in [-0.2, -0.15) is 0 Å². The van der Waals surface area contributed by atoms with Crippen molar-refractivity contribution in [1.29, 1.82) is 0 Å². The van der Waals surface area contributed by atoms with E-state index < -0.39 is 0 Å². The average Bonchev–Trinajstić information content (AvgIpc) is 2.89. The Balaban J connectivity index is 1.36. The number of amides is 1. The van der Waals surface area contributed by atoms with Crippen molar-refractivity contribution in [3.05, 3.63) is 66.9 Å². The maximum absolute atomic E-state index is 12.9. The Morgan fingerprint density at radius 1 is 0.750 bits per heavy atom. The Hall–Kier alpha value is -3.21. The van der Waals surface area contributed by atoms with Gasteiger partial charge in [-0.05, 0) is 12.8 Å². The lowest BCUT2D eigenvalue weighted by Gasteiger charge is -2.37. The van der Waals surface area contributed by atoms with Gasteiger partial charge in [-0.1, -0.05) is 79.9 Å². The molecule has 0 unspecified atom stereocenters. The van der Waals surface area contributed by atoms with Crippen molar-refractivity contribution < 1.29 is 4.79 Å². The fourth-order valence-electron chi connectivity index (χ4n) is 4.90. The van der Waals surface area contributed by atoms with Crippen molar-refractivity contribution in [3.8, 4) is 22.5 Å². The molecule has 164 valence electrons. The van der Waals surface area contributed by atoms with E-state index in [4.69, 9.17) is 9.97 Å². The molecule has 0 spiro atoms. The van der Waals surface area contributed by atoms with E-state index in [-0.39, 0.29) is 5.92 Å². The average molecular weight is 427 g/mol. The third-order valence-electron chi connectivity index (χ3n) is 6.72. The number of anilines is 1. The van der Waals surface area contributed by atoms with Crippen LogP contribution in [-0.4, -0.2) is 47.0 Å². The summed E-state index contributed by atoms with van der Waals surface area (Å²) in [5, 5.41) is 0. The van der Waals surface area contributed by atoms with Crippen molar-refractivity contribution >= 4 is 11.7 Å². The minimum absolute atomic E-state index is 0.241. The summed E-state index contributed by atoms with van der Waals surface area (Å²) in [7, 11) is 0. The van der Waals surface area contributed by atoms with E-state index in [9.17, 15) is 4.79 Å². The predicted molar refractivity (Wildman–Crippen MR) is 128 cm³/mol. The molecule has 5 nitrogen and oxygen atoms in total. The van der Waals surface area contributed by atoms with Crippen LogP contribution in [0.3, 0.4) is 0 Å². The zero-order chi connectivity index (χ0) is 21.8. The third-order valence-corrected chi connectivity index (χ3v) is 6.72. The lowest BCUT2D eigenvalue weighted by atomic mass is 9.88. The standard InChI is InChI=1S/C27H30N4O/c32-27(23-14-8-3-9-15-23)31-18-16-30(17-19-31)24-20-28-25(21-10-4-1-5-11-21)26(29-24)22-12-6-2-7-13-22/h1-2,4-7,10-13,20,23H,3,8-9,14-19H2. The summed E-state index contributed by atoms with van der Waals surface area (Å²) in [5.41, 5.74) is 3.92. The molecular weight excluding hydrogens is 396 g/mol. The SMILES string of the molecule is O=C(C1CCCCC1)N1CCN(c2cnc(-c3ccccc3)c(-c3ccccc3)n2)CC1. The minimum Gasteiger partial charge on any atom is -0.352 e. The van der Waals surface area contributed by atoms with E-state index in [0.717, 1.165) is 67.4 Å². The Bertz CT molecular complexity index is 1040. The highest BCUT2D eigenvalue weighted by molar-refractivity contribution is 5.80. The van der Waals surface area contributed by atoms with E-state index in [0.29, 0.717) is 5.91 Å². The molecular formula is C27H30N4O. The zero-order valence-electron chi connectivity index (χ0n) is 18.5. The van der Waals surface area contributed by atoms with Gasteiger partial charge in [0.1, 0.15) is 5.82 Å². The molecule has 0 N–H and O–H groups in total. The van der Waals surface area contributed by atoms with Crippen molar-refractivity contribution in [1.82, 2.24) is 14.9 Å². The number of nitrogens with zero attached hydrogens (tertiary/aromatic N) is 4. The molecule has 2 aromatic carbocycles. The number of rotatable bonds is 4. The molecule has 1 aromatic heterocycles. The first-order valence-corrected chi connectivity index (χ1v) is 11.8. The molecule has 1 saturated heterocycles. The van der Waals surface area contributed by atoms with Crippen molar-refractivity contribution in [2.24, 2.45) is 5.92 Å². The predicted octanol–water partition coefficient (Wildman–Crippen LogP) is 5.04. The van der Waals surface area contributed by atoms with Gasteiger partial charge in [0.2, 0.25) is 5.91 Å². The summed E-state index contributed by atoms with van der Waals surface area (Å²) in [5.74, 6) is 1.48. The van der Waals surface area contributed by atoms with Gasteiger partial charge in [0.15, 0.2) is 0 Å². The van der Waals surface area contributed by atoms with Gasteiger partial charge in [-0.3, -0.25) is 9.78 Å².